The van der Waals surface area contributed by atoms with Crippen molar-refractivity contribution in [3.63, 3.8) is 0 Å². The number of benzene rings is 1. The summed E-state index contributed by atoms with van der Waals surface area (Å²) in [5.74, 6) is -2.38. The largest absolute Gasteiger partial charge is 0.468 e. The van der Waals surface area contributed by atoms with Gasteiger partial charge in [0.25, 0.3) is 0 Å². The highest BCUT2D eigenvalue weighted by atomic mass is 35.5. The van der Waals surface area contributed by atoms with Crippen LogP contribution in [0, 0.1) is 5.92 Å². The molecular formula is C18H17ClO5S2. The van der Waals surface area contributed by atoms with Gasteiger partial charge in [-0.3, -0.25) is 19.2 Å². The zero-order valence-electron chi connectivity index (χ0n) is 14.1. The average molecular weight is 413 g/mol. The average Bonchev–Trinajstić information content (AvgIpc) is 3.03. The van der Waals surface area contributed by atoms with E-state index in [-0.39, 0.29) is 46.3 Å². The molecule has 0 spiro atoms. The quantitative estimate of drug-likeness (QED) is 0.417. The van der Waals surface area contributed by atoms with Gasteiger partial charge in [0, 0.05) is 23.3 Å². The molecule has 1 saturated carbocycles. The molecule has 0 aromatic heterocycles. The van der Waals surface area contributed by atoms with Gasteiger partial charge in [0.1, 0.15) is 5.92 Å². The van der Waals surface area contributed by atoms with Gasteiger partial charge in [0.15, 0.2) is 17.3 Å². The summed E-state index contributed by atoms with van der Waals surface area (Å²) in [4.78, 5) is 49.1. The molecule has 1 aromatic rings. The SMILES string of the molecule is COC(=O)CSC1Cc2c(ccc(C(=O)C3C(=O)CCCC3=O)c2Cl)S1. The van der Waals surface area contributed by atoms with Gasteiger partial charge < -0.3 is 4.74 Å². The third-order valence-electron chi connectivity index (χ3n) is 4.46. The second kappa shape index (κ2) is 8.15. The van der Waals surface area contributed by atoms with E-state index in [0.717, 1.165) is 10.5 Å². The molecule has 0 bridgehead atoms. The van der Waals surface area contributed by atoms with Crippen LogP contribution in [0.1, 0.15) is 35.2 Å². The molecule has 26 heavy (non-hydrogen) atoms. The zero-order chi connectivity index (χ0) is 18.8. The predicted molar refractivity (Wildman–Crippen MR) is 101 cm³/mol. The number of hydrogen-bond donors (Lipinski definition) is 0. The lowest BCUT2D eigenvalue weighted by Gasteiger charge is -2.19. The van der Waals surface area contributed by atoms with Crippen LogP contribution in [0.2, 0.25) is 5.02 Å². The molecule has 138 valence electrons. The Labute approximate surface area is 164 Å². The molecule has 3 rings (SSSR count). The number of ketones is 3. The summed E-state index contributed by atoms with van der Waals surface area (Å²) in [6.45, 7) is 0. The van der Waals surface area contributed by atoms with E-state index in [1.807, 2.05) is 0 Å². The Morgan fingerprint density at radius 2 is 1.96 bits per heavy atom. The lowest BCUT2D eigenvalue weighted by molar-refractivity contribution is -0.137. The van der Waals surface area contributed by atoms with E-state index >= 15 is 0 Å². The summed E-state index contributed by atoms with van der Waals surface area (Å²) in [6.07, 6.45) is 1.63. The van der Waals surface area contributed by atoms with Crippen LogP contribution in [-0.2, 0) is 25.5 Å². The van der Waals surface area contributed by atoms with Crippen LogP contribution in [0.15, 0.2) is 17.0 Å². The van der Waals surface area contributed by atoms with Gasteiger partial charge in [-0.15, -0.1) is 23.5 Å². The van der Waals surface area contributed by atoms with Crippen LogP contribution in [0.3, 0.4) is 0 Å². The van der Waals surface area contributed by atoms with Crippen molar-refractivity contribution in [3.8, 4) is 0 Å². The minimum Gasteiger partial charge on any atom is -0.468 e. The molecule has 1 unspecified atom stereocenters. The molecule has 1 aliphatic carbocycles. The lowest BCUT2D eigenvalue weighted by Crippen LogP contribution is -2.35. The van der Waals surface area contributed by atoms with E-state index in [1.165, 1.54) is 18.9 Å². The summed E-state index contributed by atoms with van der Waals surface area (Å²) in [5.41, 5.74) is 1.07. The van der Waals surface area contributed by atoms with Crippen molar-refractivity contribution in [3.05, 3.63) is 28.3 Å². The Morgan fingerprint density at radius 3 is 2.62 bits per heavy atom. The highest BCUT2D eigenvalue weighted by Crippen LogP contribution is 2.46. The number of thioether (sulfide) groups is 2. The Bertz CT molecular complexity index is 776. The first kappa shape index (κ1) is 19.5. The van der Waals surface area contributed by atoms with Crippen LogP contribution in [0.25, 0.3) is 0 Å². The molecular weight excluding hydrogens is 396 g/mol. The number of carbonyl (C=O) groups excluding carboxylic acids is 4. The number of ether oxygens (including phenoxy) is 1. The minimum atomic E-state index is -1.21. The Balaban J connectivity index is 1.79. The van der Waals surface area contributed by atoms with Crippen molar-refractivity contribution in [2.45, 2.75) is 35.2 Å². The first-order chi connectivity index (χ1) is 12.4. The van der Waals surface area contributed by atoms with Gasteiger partial charge in [0.05, 0.1) is 22.5 Å². The molecule has 0 N–H and O–H groups in total. The second-order valence-electron chi connectivity index (χ2n) is 6.13. The molecule has 5 nitrogen and oxygen atoms in total. The monoisotopic (exact) mass is 412 g/mol. The molecule has 1 heterocycles. The zero-order valence-corrected chi connectivity index (χ0v) is 16.5. The number of hydrogen-bond acceptors (Lipinski definition) is 7. The normalized spacial score (nSPS) is 20.2. The van der Waals surface area contributed by atoms with Crippen molar-refractivity contribution in [2.75, 3.05) is 12.9 Å². The standard InChI is InChI=1S/C18H17ClO5S2/c1-24-14(22)8-25-15-7-10-13(26-15)6-5-9(17(10)19)18(23)16-11(20)3-2-4-12(16)21/h5-6,15-16H,2-4,7-8H2,1H3. The Hall–Kier alpha value is -1.31. The Kier molecular flexibility index (Phi) is 6.10. The van der Waals surface area contributed by atoms with E-state index in [9.17, 15) is 19.2 Å². The second-order valence-corrected chi connectivity index (χ2v) is 9.24. The van der Waals surface area contributed by atoms with Crippen molar-refractivity contribution in [1.82, 2.24) is 0 Å². The first-order valence-electron chi connectivity index (χ1n) is 8.18. The fourth-order valence-electron chi connectivity index (χ4n) is 3.11. The Morgan fingerprint density at radius 1 is 1.27 bits per heavy atom. The third-order valence-corrected chi connectivity index (χ3v) is 7.60. The maximum absolute atomic E-state index is 12.8. The van der Waals surface area contributed by atoms with Crippen LogP contribution < -0.4 is 0 Å². The molecule has 1 atom stereocenters. The van der Waals surface area contributed by atoms with Crippen molar-refractivity contribution in [2.24, 2.45) is 5.92 Å². The van der Waals surface area contributed by atoms with E-state index in [2.05, 4.69) is 4.74 Å². The summed E-state index contributed by atoms with van der Waals surface area (Å²) in [5, 5.41) is 0.312. The number of rotatable bonds is 5. The lowest BCUT2D eigenvalue weighted by atomic mass is 9.81. The maximum Gasteiger partial charge on any atom is 0.315 e. The van der Waals surface area contributed by atoms with Gasteiger partial charge in [-0.2, -0.15) is 0 Å². The highest BCUT2D eigenvalue weighted by Gasteiger charge is 2.38. The molecule has 0 saturated heterocycles. The van der Waals surface area contributed by atoms with Crippen molar-refractivity contribution in [1.29, 1.82) is 0 Å². The number of Topliss-reactive ketones (excluding diaryl/α,β-unsaturated/α-hetero) is 3. The van der Waals surface area contributed by atoms with E-state index in [1.54, 1.807) is 23.9 Å². The number of fused-ring (bicyclic) bond motifs is 1. The van der Waals surface area contributed by atoms with Gasteiger partial charge in [-0.25, -0.2) is 0 Å². The van der Waals surface area contributed by atoms with E-state index in [0.29, 0.717) is 17.9 Å². The predicted octanol–water partition coefficient (Wildman–Crippen LogP) is 3.34. The molecule has 1 fully saturated rings. The summed E-state index contributed by atoms with van der Waals surface area (Å²) < 4.78 is 4.75. The van der Waals surface area contributed by atoms with E-state index < -0.39 is 11.7 Å². The summed E-state index contributed by atoms with van der Waals surface area (Å²) >= 11 is 9.51. The van der Waals surface area contributed by atoms with Gasteiger partial charge >= 0.3 is 5.97 Å². The van der Waals surface area contributed by atoms with Crippen LogP contribution in [-0.4, -0.2) is 40.8 Å². The van der Waals surface area contributed by atoms with Gasteiger partial charge in [-0.1, -0.05) is 11.6 Å². The fourth-order valence-corrected chi connectivity index (χ4v) is 6.02. The molecule has 2 aliphatic rings. The van der Waals surface area contributed by atoms with Crippen molar-refractivity contribution < 1.29 is 23.9 Å². The van der Waals surface area contributed by atoms with Crippen LogP contribution in [0.4, 0.5) is 0 Å². The summed E-state index contributed by atoms with van der Waals surface area (Å²) in [7, 11) is 1.35. The first-order valence-corrected chi connectivity index (χ1v) is 10.5. The fraction of sp³-hybridized carbons (Fsp3) is 0.444. The van der Waals surface area contributed by atoms with Gasteiger partial charge in [-0.05, 0) is 30.5 Å². The highest BCUT2D eigenvalue weighted by molar-refractivity contribution is 8.17. The molecule has 1 aliphatic heterocycles. The number of methoxy groups -OCH3 is 1. The van der Waals surface area contributed by atoms with Crippen LogP contribution in [0.5, 0.6) is 0 Å². The molecule has 0 radical (unpaired) electrons. The minimum absolute atomic E-state index is 0.102. The molecule has 8 heteroatoms. The van der Waals surface area contributed by atoms with Gasteiger partial charge in [0.2, 0.25) is 0 Å². The number of carbonyl (C=O) groups is 4. The maximum atomic E-state index is 12.8. The molecule has 1 aromatic carbocycles. The smallest absolute Gasteiger partial charge is 0.315 e. The number of halogens is 1. The topological polar surface area (TPSA) is 77.5 Å². The van der Waals surface area contributed by atoms with Crippen LogP contribution >= 0.6 is 35.1 Å². The number of esters is 1. The van der Waals surface area contributed by atoms with Crippen molar-refractivity contribution >= 4 is 58.4 Å². The third kappa shape index (κ3) is 3.85. The van der Waals surface area contributed by atoms with E-state index in [4.69, 9.17) is 11.6 Å². The molecule has 0 amide bonds. The summed E-state index contributed by atoms with van der Waals surface area (Å²) in [6, 6.07) is 3.40.